The van der Waals surface area contributed by atoms with E-state index in [1.807, 2.05) is 14.0 Å². The van der Waals surface area contributed by atoms with Crippen LogP contribution in [0.3, 0.4) is 0 Å². The van der Waals surface area contributed by atoms with Gasteiger partial charge in [0.1, 0.15) is 6.61 Å². The first kappa shape index (κ1) is 15.9. The lowest BCUT2D eigenvalue weighted by atomic mass is 10.2. The molecule has 1 aromatic heterocycles. The topological polar surface area (TPSA) is 70.1 Å². The first-order valence-electron chi connectivity index (χ1n) is 6.36. The molecule has 2 rings (SSSR count). The average molecular weight is 373 g/mol. The molecule has 0 radical (unpaired) electrons. The van der Waals surface area contributed by atoms with Crippen LogP contribution < -0.4 is 5.73 Å². The van der Waals surface area contributed by atoms with Crippen LogP contribution >= 0.6 is 27.5 Å². The van der Waals surface area contributed by atoms with E-state index in [-0.39, 0.29) is 11.6 Å². The predicted octanol–water partition coefficient (Wildman–Crippen LogP) is 3.34. The third kappa shape index (κ3) is 3.39. The van der Waals surface area contributed by atoms with Crippen LogP contribution in [0.4, 0.5) is 5.69 Å². The van der Waals surface area contributed by atoms with E-state index in [1.54, 1.807) is 16.8 Å². The number of halogens is 2. The van der Waals surface area contributed by atoms with Gasteiger partial charge in [-0.25, -0.2) is 4.79 Å². The Kier molecular flexibility index (Phi) is 4.90. The number of anilines is 1. The van der Waals surface area contributed by atoms with Crippen molar-refractivity contribution in [2.24, 2.45) is 7.05 Å². The molecule has 21 heavy (non-hydrogen) atoms. The van der Waals surface area contributed by atoms with Crippen LogP contribution in [-0.2, 0) is 24.8 Å². The van der Waals surface area contributed by atoms with Gasteiger partial charge < -0.3 is 10.5 Å². The monoisotopic (exact) mass is 371 g/mol. The Morgan fingerprint density at radius 2 is 2.24 bits per heavy atom. The first-order valence-corrected chi connectivity index (χ1v) is 7.53. The minimum Gasteiger partial charge on any atom is -0.456 e. The van der Waals surface area contributed by atoms with Gasteiger partial charge in [-0.15, -0.1) is 0 Å². The lowest BCUT2D eigenvalue weighted by molar-refractivity contribution is 0.0463. The van der Waals surface area contributed by atoms with Gasteiger partial charge >= 0.3 is 5.97 Å². The summed E-state index contributed by atoms with van der Waals surface area (Å²) < 4.78 is 7.86. The highest BCUT2D eigenvalue weighted by Gasteiger charge is 2.16. The van der Waals surface area contributed by atoms with E-state index in [2.05, 4.69) is 21.0 Å². The molecule has 1 heterocycles. The van der Waals surface area contributed by atoms with Crippen molar-refractivity contribution in [2.45, 2.75) is 20.0 Å². The zero-order chi connectivity index (χ0) is 15.6. The van der Waals surface area contributed by atoms with E-state index in [4.69, 9.17) is 22.1 Å². The molecule has 2 aromatic rings. The number of carbonyl (C=O) groups excluding carboxylic acids is 1. The number of carbonyl (C=O) groups is 1. The van der Waals surface area contributed by atoms with Gasteiger partial charge in [-0.1, -0.05) is 18.5 Å². The predicted molar refractivity (Wildman–Crippen MR) is 85.3 cm³/mol. The smallest absolute Gasteiger partial charge is 0.340 e. The van der Waals surface area contributed by atoms with Gasteiger partial charge in [-0.2, -0.15) is 5.10 Å². The highest BCUT2D eigenvalue weighted by molar-refractivity contribution is 9.10. The lowest BCUT2D eigenvalue weighted by Crippen LogP contribution is -2.09. The summed E-state index contributed by atoms with van der Waals surface area (Å²) in [6.45, 7) is 2.13. The summed E-state index contributed by atoms with van der Waals surface area (Å²) in [6, 6.07) is 4.68. The van der Waals surface area contributed by atoms with Crippen molar-refractivity contribution in [3.8, 4) is 0 Å². The lowest BCUT2D eigenvalue weighted by Gasteiger charge is -2.07. The molecule has 0 saturated carbocycles. The minimum absolute atomic E-state index is 0.115. The number of ether oxygens (including phenoxy) is 1. The summed E-state index contributed by atoms with van der Waals surface area (Å²) in [5.74, 6) is -0.494. The molecule has 2 N–H and O–H groups in total. The molecule has 0 aliphatic carbocycles. The number of esters is 1. The number of nitrogen functional groups attached to an aromatic ring is 1. The molecule has 0 spiro atoms. The van der Waals surface area contributed by atoms with E-state index in [9.17, 15) is 4.79 Å². The number of aryl methyl sites for hydroxylation is 2. The molecule has 0 aliphatic heterocycles. The van der Waals surface area contributed by atoms with E-state index < -0.39 is 5.97 Å². The summed E-state index contributed by atoms with van der Waals surface area (Å²) in [6.07, 6.45) is 0.798. The summed E-state index contributed by atoms with van der Waals surface area (Å²) >= 11 is 9.46. The Hall–Kier alpha value is -1.53. The van der Waals surface area contributed by atoms with Gasteiger partial charge in [0.15, 0.2) is 0 Å². The third-order valence-electron chi connectivity index (χ3n) is 3.06. The molecule has 0 unspecified atom stereocenters. The molecular formula is C14H15BrClN3O2. The normalized spacial score (nSPS) is 10.7. The quantitative estimate of drug-likeness (QED) is 0.660. The standard InChI is InChI=1S/C14H15BrClN3O2/c1-3-11-13(15)12(19(2)18-11)7-21-14(20)9-5-4-8(17)6-10(9)16/h4-6H,3,7,17H2,1-2H3. The number of hydrogen-bond donors (Lipinski definition) is 1. The molecule has 0 atom stereocenters. The number of rotatable bonds is 4. The maximum Gasteiger partial charge on any atom is 0.340 e. The molecule has 0 fully saturated rings. The van der Waals surface area contributed by atoms with E-state index >= 15 is 0 Å². The minimum atomic E-state index is -0.494. The van der Waals surface area contributed by atoms with E-state index in [0.717, 1.165) is 22.3 Å². The zero-order valence-electron chi connectivity index (χ0n) is 11.7. The molecule has 7 heteroatoms. The Labute approximate surface area is 136 Å². The summed E-state index contributed by atoms with van der Waals surface area (Å²) in [5, 5.41) is 4.62. The summed E-state index contributed by atoms with van der Waals surface area (Å²) in [7, 11) is 1.81. The van der Waals surface area contributed by atoms with Crippen molar-refractivity contribution in [3.63, 3.8) is 0 Å². The molecular weight excluding hydrogens is 358 g/mol. The largest absolute Gasteiger partial charge is 0.456 e. The van der Waals surface area contributed by atoms with Crippen LogP contribution in [0.5, 0.6) is 0 Å². The molecule has 0 aliphatic rings. The fraction of sp³-hybridized carbons (Fsp3) is 0.286. The van der Waals surface area contributed by atoms with Gasteiger partial charge in [0.05, 0.1) is 26.4 Å². The second-order valence-corrected chi connectivity index (χ2v) is 5.70. The van der Waals surface area contributed by atoms with Crippen molar-refractivity contribution in [2.75, 3.05) is 5.73 Å². The maximum absolute atomic E-state index is 12.1. The second kappa shape index (κ2) is 6.49. The van der Waals surface area contributed by atoms with Crippen LogP contribution in [0, 0.1) is 0 Å². The second-order valence-electron chi connectivity index (χ2n) is 4.50. The fourth-order valence-corrected chi connectivity index (χ4v) is 2.88. The van der Waals surface area contributed by atoms with Crippen LogP contribution in [0.2, 0.25) is 5.02 Å². The highest BCUT2D eigenvalue weighted by Crippen LogP contribution is 2.24. The van der Waals surface area contributed by atoms with Crippen molar-refractivity contribution in [1.29, 1.82) is 0 Å². The van der Waals surface area contributed by atoms with Crippen molar-refractivity contribution in [1.82, 2.24) is 9.78 Å². The van der Waals surface area contributed by atoms with Crippen LogP contribution in [0.1, 0.15) is 28.7 Å². The van der Waals surface area contributed by atoms with Gasteiger partial charge in [-0.3, -0.25) is 4.68 Å². The fourth-order valence-electron chi connectivity index (χ4n) is 1.89. The number of benzene rings is 1. The summed E-state index contributed by atoms with van der Waals surface area (Å²) in [4.78, 5) is 12.1. The van der Waals surface area contributed by atoms with Crippen molar-refractivity contribution >= 4 is 39.2 Å². The van der Waals surface area contributed by atoms with Gasteiger partial charge in [-0.05, 0) is 40.5 Å². The van der Waals surface area contributed by atoms with Gasteiger partial charge in [0.25, 0.3) is 0 Å². The van der Waals surface area contributed by atoms with Crippen LogP contribution in [0.15, 0.2) is 22.7 Å². The van der Waals surface area contributed by atoms with E-state index in [0.29, 0.717) is 11.3 Å². The number of nitrogens with zero attached hydrogens (tertiary/aromatic N) is 2. The number of hydrogen-bond acceptors (Lipinski definition) is 4. The van der Waals surface area contributed by atoms with Gasteiger partial charge in [0, 0.05) is 12.7 Å². The van der Waals surface area contributed by atoms with Gasteiger partial charge in [0.2, 0.25) is 0 Å². The average Bonchev–Trinajstić information content (AvgIpc) is 2.71. The SMILES string of the molecule is CCc1nn(C)c(COC(=O)c2ccc(N)cc2Cl)c1Br. The number of nitrogens with two attached hydrogens (primary N) is 1. The molecule has 0 amide bonds. The molecule has 0 bridgehead atoms. The maximum atomic E-state index is 12.1. The molecule has 5 nitrogen and oxygen atoms in total. The Balaban J connectivity index is 2.13. The van der Waals surface area contributed by atoms with Crippen molar-refractivity contribution < 1.29 is 9.53 Å². The molecule has 1 aromatic carbocycles. The third-order valence-corrected chi connectivity index (χ3v) is 4.28. The van der Waals surface area contributed by atoms with Crippen LogP contribution in [0.25, 0.3) is 0 Å². The van der Waals surface area contributed by atoms with Crippen LogP contribution in [-0.4, -0.2) is 15.7 Å². The Morgan fingerprint density at radius 3 is 2.81 bits per heavy atom. The first-order chi connectivity index (χ1) is 9.93. The number of aromatic nitrogens is 2. The zero-order valence-corrected chi connectivity index (χ0v) is 14.0. The Bertz CT molecular complexity index is 685. The van der Waals surface area contributed by atoms with E-state index in [1.165, 1.54) is 6.07 Å². The molecule has 0 saturated heterocycles. The molecule has 112 valence electrons. The highest BCUT2D eigenvalue weighted by atomic mass is 79.9. The summed E-state index contributed by atoms with van der Waals surface area (Å²) in [5.41, 5.74) is 8.11. The van der Waals surface area contributed by atoms with Crippen molar-refractivity contribution in [3.05, 3.63) is 44.6 Å². The Morgan fingerprint density at radius 1 is 1.52 bits per heavy atom.